The number of fused-ring (bicyclic) bond motifs is 5. The summed E-state index contributed by atoms with van der Waals surface area (Å²) in [5, 5.41) is 11.4. The standard InChI is InChI=1S/C38H25Cl2F5N2O5/c1-2-16-7-9-17(10-8-16)46-33(49)22-12-11-21-23(25(22)34(46)50)15-37(39)35(51)47(32-30(44)28(42)27(41)29(43)31(32)45)36(52)38(37,40)26(21)20-13-14-24(48)19-6-4-3-5-18(19)20/h3-11,13-14,22-23,25-26,48H,2,12,15H2,1H3/t22-,23+,25-,26-,37+,38-/m0/s1. The molecule has 4 aromatic carbocycles. The summed E-state index contributed by atoms with van der Waals surface area (Å²) >= 11 is 14.5. The number of amides is 4. The Hall–Kier alpha value is -4.81. The number of hydrogen-bond donors (Lipinski definition) is 1. The van der Waals surface area contributed by atoms with Gasteiger partial charge in [0.15, 0.2) is 33.0 Å². The molecule has 52 heavy (non-hydrogen) atoms. The zero-order valence-corrected chi connectivity index (χ0v) is 28.4. The molecule has 2 aliphatic carbocycles. The molecule has 1 N–H and O–H groups in total. The second-order valence-electron chi connectivity index (χ2n) is 13.4. The van der Waals surface area contributed by atoms with Crippen molar-refractivity contribution in [1.29, 1.82) is 0 Å². The number of nitrogens with zero attached hydrogens (tertiary/aromatic N) is 2. The Morgan fingerprint density at radius 1 is 0.750 bits per heavy atom. The number of imide groups is 2. The van der Waals surface area contributed by atoms with Gasteiger partial charge in [0.2, 0.25) is 17.6 Å². The van der Waals surface area contributed by atoms with Gasteiger partial charge in [-0.15, -0.1) is 23.2 Å². The van der Waals surface area contributed by atoms with Gasteiger partial charge < -0.3 is 5.11 Å². The molecule has 7 nitrogen and oxygen atoms in total. The monoisotopic (exact) mass is 754 g/mol. The molecular weight excluding hydrogens is 730 g/mol. The van der Waals surface area contributed by atoms with Gasteiger partial charge in [-0.3, -0.25) is 24.1 Å². The molecule has 3 fully saturated rings. The van der Waals surface area contributed by atoms with Gasteiger partial charge in [0.05, 0.1) is 17.5 Å². The maximum absolute atomic E-state index is 15.3. The third-order valence-electron chi connectivity index (χ3n) is 11.1. The minimum absolute atomic E-state index is 0.00286. The van der Waals surface area contributed by atoms with Crippen LogP contribution in [-0.4, -0.2) is 38.5 Å². The van der Waals surface area contributed by atoms with E-state index in [1.54, 1.807) is 54.6 Å². The van der Waals surface area contributed by atoms with Crippen LogP contribution in [0.15, 0.2) is 72.3 Å². The van der Waals surface area contributed by atoms with Crippen LogP contribution in [0.2, 0.25) is 0 Å². The molecule has 0 radical (unpaired) electrons. The lowest BCUT2D eigenvalue weighted by Gasteiger charge is -2.51. The largest absolute Gasteiger partial charge is 0.507 e. The van der Waals surface area contributed by atoms with Gasteiger partial charge in [-0.25, -0.2) is 26.9 Å². The van der Waals surface area contributed by atoms with Crippen LogP contribution in [0, 0.1) is 46.8 Å². The van der Waals surface area contributed by atoms with Crippen LogP contribution in [0.1, 0.15) is 36.8 Å². The summed E-state index contributed by atoms with van der Waals surface area (Å²) in [6.45, 7) is 1.95. The Labute approximate surface area is 302 Å². The van der Waals surface area contributed by atoms with E-state index in [9.17, 15) is 37.5 Å². The summed E-state index contributed by atoms with van der Waals surface area (Å²) in [7, 11) is 0. The highest BCUT2D eigenvalue weighted by Crippen LogP contribution is 2.66. The summed E-state index contributed by atoms with van der Waals surface area (Å²) in [6.07, 6.45) is 1.73. The van der Waals surface area contributed by atoms with Crippen LogP contribution >= 0.6 is 23.2 Å². The Morgan fingerprint density at radius 3 is 2.00 bits per heavy atom. The number of alkyl halides is 2. The molecule has 4 aromatic rings. The fraction of sp³-hybridized carbons (Fsp3) is 0.263. The van der Waals surface area contributed by atoms with Crippen LogP contribution < -0.4 is 9.80 Å². The number of aromatic hydroxyl groups is 1. The van der Waals surface area contributed by atoms with Crippen LogP contribution in [0.3, 0.4) is 0 Å². The Balaban J connectivity index is 1.35. The molecule has 6 atom stereocenters. The number of rotatable bonds is 4. The number of allylic oxidation sites excluding steroid dienone is 2. The smallest absolute Gasteiger partial charge is 0.258 e. The fourth-order valence-corrected chi connectivity index (χ4v) is 9.53. The molecule has 2 saturated heterocycles. The number of phenols is 1. The second kappa shape index (κ2) is 11.6. The molecule has 0 bridgehead atoms. The van der Waals surface area contributed by atoms with Crippen LogP contribution in [0.5, 0.6) is 5.75 Å². The number of anilines is 2. The van der Waals surface area contributed by atoms with Crippen molar-refractivity contribution in [3.05, 3.63) is 113 Å². The highest BCUT2D eigenvalue weighted by molar-refractivity contribution is 6.58. The van der Waals surface area contributed by atoms with Crippen molar-refractivity contribution in [3.63, 3.8) is 0 Å². The van der Waals surface area contributed by atoms with Gasteiger partial charge in [-0.05, 0) is 59.9 Å². The molecule has 0 aromatic heterocycles. The number of aryl methyl sites for hydroxylation is 1. The average Bonchev–Trinajstić information content (AvgIpc) is 3.48. The summed E-state index contributed by atoms with van der Waals surface area (Å²) in [5.74, 6) is -21.2. The normalized spacial score (nSPS) is 28.3. The third kappa shape index (κ3) is 4.24. The highest BCUT2D eigenvalue weighted by atomic mass is 35.5. The van der Waals surface area contributed by atoms with Crippen LogP contribution in [0.25, 0.3) is 10.8 Å². The summed E-state index contributed by atoms with van der Waals surface area (Å²) in [4.78, 5) is 52.8. The van der Waals surface area contributed by atoms with Crippen molar-refractivity contribution in [1.82, 2.24) is 0 Å². The van der Waals surface area contributed by atoms with E-state index >= 15 is 8.78 Å². The van der Waals surface area contributed by atoms with E-state index < -0.39 is 98.2 Å². The first kappa shape index (κ1) is 34.3. The van der Waals surface area contributed by atoms with E-state index in [2.05, 4.69) is 0 Å². The SMILES string of the molecule is CCc1ccc(N2C(=O)[C@H]3[C@H](CC=C4[C@H]3C[C@@]3(Cl)C(=O)N(c5c(F)c(F)c(F)c(F)c5F)C(=O)[C@@]3(Cl)[C@H]4c3ccc(O)c4ccccc34)C2=O)cc1. The zero-order chi connectivity index (χ0) is 37.2. The predicted molar refractivity (Wildman–Crippen MR) is 180 cm³/mol. The molecule has 2 heterocycles. The Kier molecular flexibility index (Phi) is 7.65. The molecule has 4 amide bonds. The topological polar surface area (TPSA) is 95.0 Å². The van der Waals surface area contributed by atoms with E-state index in [0.29, 0.717) is 28.5 Å². The van der Waals surface area contributed by atoms with E-state index in [-0.39, 0.29) is 22.6 Å². The molecule has 2 aliphatic heterocycles. The van der Waals surface area contributed by atoms with Gasteiger partial charge >= 0.3 is 0 Å². The number of carbonyl (C=O) groups excluding carboxylic acids is 4. The third-order valence-corrected chi connectivity index (χ3v) is 12.5. The van der Waals surface area contributed by atoms with Crippen LogP contribution in [0.4, 0.5) is 33.3 Å². The molecular formula is C38H25Cl2F5N2O5. The predicted octanol–water partition coefficient (Wildman–Crippen LogP) is 7.57. The first-order valence-corrected chi connectivity index (χ1v) is 17.1. The van der Waals surface area contributed by atoms with Crippen molar-refractivity contribution >= 4 is 69.0 Å². The van der Waals surface area contributed by atoms with Gasteiger partial charge in [0.25, 0.3) is 11.8 Å². The number of halogens is 7. The van der Waals surface area contributed by atoms with Crippen molar-refractivity contribution < 1.29 is 46.2 Å². The summed E-state index contributed by atoms with van der Waals surface area (Å²) in [5.41, 5.74) is -0.0402. The number of hydrogen-bond acceptors (Lipinski definition) is 5. The summed E-state index contributed by atoms with van der Waals surface area (Å²) < 4.78 is 73.9. The number of carbonyl (C=O) groups is 4. The molecule has 1 saturated carbocycles. The summed E-state index contributed by atoms with van der Waals surface area (Å²) in [6, 6.07) is 16.0. The molecule has 0 unspecified atom stereocenters. The molecule has 4 aliphatic rings. The first-order chi connectivity index (χ1) is 24.7. The van der Waals surface area contributed by atoms with Gasteiger partial charge in [-0.2, -0.15) is 0 Å². The molecule has 0 spiro atoms. The Morgan fingerprint density at radius 2 is 1.37 bits per heavy atom. The van der Waals surface area contributed by atoms with Gasteiger partial charge in [0, 0.05) is 11.3 Å². The highest BCUT2D eigenvalue weighted by Gasteiger charge is 2.77. The molecule has 8 rings (SSSR count). The number of phenolic OH excluding ortho intramolecular Hbond substituents is 1. The minimum atomic E-state index is -2.68. The zero-order valence-electron chi connectivity index (χ0n) is 26.9. The van der Waals surface area contributed by atoms with Crippen molar-refractivity contribution in [2.45, 2.75) is 41.9 Å². The number of benzene rings is 4. The van der Waals surface area contributed by atoms with Crippen molar-refractivity contribution in [3.8, 4) is 5.75 Å². The maximum Gasteiger partial charge on any atom is 0.258 e. The lowest BCUT2D eigenvalue weighted by molar-refractivity contribution is -0.125. The van der Waals surface area contributed by atoms with Crippen molar-refractivity contribution in [2.24, 2.45) is 17.8 Å². The van der Waals surface area contributed by atoms with Crippen molar-refractivity contribution in [2.75, 3.05) is 9.80 Å². The second-order valence-corrected chi connectivity index (χ2v) is 14.7. The van der Waals surface area contributed by atoms with E-state index in [4.69, 9.17) is 23.2 Å². The Bertz CT molecular complexity index is 2310. The van der Waals surface area contributed by atoms with E-state index in [1.807, 2.05) is 6.92 Å². The lowest BCUT2D eigenvalue weighted by Crippen LogP contribution is -2.60. The maximum atomic E-state index is 15.3. The van der Waals surface area contributed by atoms with Gasteiger partial charge in [0.1, 0.15) is 11.4 Å². The fourth-order valence-electron chi connectivity index (χ4n) is 8.61. The molecule has 266 valence electrons. The van der Waals surface area contributed by atoms with Gasteiger partial charge in [-0.1, -0.05) is 61.0 Å². The minimum Gasteiger partial charge on any atom is -0.507 e. The van der Waals surface area contributed by atoms with Crippen LogP contribution in [-0.2, 0) is 25.6 Å². The molecule has 14 heteroatoms. The quantitative estimate of drug-likeness (QED) is 0.0580. The van der Waals surface area contributed by atoms with E-state index in [0.717, 1.165) is 10.5 Å². The average molecular weight is 756 g/mol. The van der Waals surface area contributed by atoms with E-state index in [1.165, 1.54) is 12.1 Å². The lowest BCUT2D eigenvalue weighted by atomic mass is 9.56. The first-order valence-electron chi connectivity index (χ1n) is 16.3.